The first-order valence-corrected chi connectivity index (χ1v) is 9.03. The molecule has 0 saturated carbocycles. The Kier molecular flexibility index (Phi) is 5.46. The molecule has 0 unspecified atom stereocenters. The van der Waals surface area contributed by atoms with Gasteiger partial charge in [-0.25, -0.2) is 4.98 Å². The van der Waals surface area contributed by atoms with Gasteiger partial charge in [0.2, 0.25) is 0 Å². The van der Waals surface area contributed by atoms with Crippen molar-refractivity contribution in [2.75, 3.05) is 11.9 Å². The van der Waals surface area contributed by atoms with Crippen molar-refractivity contribution in [1.82, 2.24) is 4.98 Å². The van der Waals surface area contributed by atoms with Crippen LogP contribution in [0.15, 0.2) is 60.0 Å². The van der Waals surface area contributed by atoms with Crippen LogP contribution in [0.4, 0.5) is 5.13 Å². The van der Waals surface area contributed by atoms with Gasteiger partial charge in [0.05, 0.1) is 5.69 Å². The summed E-state index contributed by atoms with van der Waals surface area (Å²) in [6.45, 7) is 4.21. The van der Waals surface area contributed by atoms with Crippen molar-refractivity contribution in [3.8, 4) is 17.0 Å². The first-order chi connectivity index (χ1) is 12.1. The molecule has 0 radical (unpaired) electrons. The van der Waals surface area contributed by atoms with E-state index in [2.05, 4.69) is 30.2 Å². The number of benzene rings is 2. The fourth-order valence-corrected chi connectivity index (χ4v) is 3.08. The van der Waals surface area contributed by atoms with Crippen molar-refractivity contribution in [2.24, 2.45) is 0 Å². The van der Waals surface area contributed by atoms with Gasteiger partial charge in [0.15, 0.2) is 11.7 Å². The predicted octanol–water partition coefficient (Wildman–Crippen LogP) is 4.95. The summed E-state index contributed by atoms with van der Waals surface area (Å²) in [5, 5.41) is 5.28. The summed E-state index contributed by atoms with van der Waals surface area (Å²) in [6, 6.07) is 17.7. The maximum absolute atomic E-state index is 12.1. The molecule has 0 atom stereocenters. The number of hydrogen-bond donors (Lipinski definition) is 1. The van der Waals surface area contributed by atoms with E-state index in [1.54, 1.807) is 0 Å². The molecule has 1 aromatic heterocycles. The average molecular weight is 352 g/mol. The van der Waals surface area contributed by atoms with Gasteiger partial charge in [-0.3, -0.25) is 10.1 Å². The third-order valence-corrected chi connectivity index (χ3v) is 4.47. The molecule has 2 aromatic carbocycles. The third kappa shape index (κ3) is 4.67. The Bertz CT molecular complexity index is 844. The van der Waals surface area contributed by atoms with Crippen molar-refractivity contribution in [3.63, 3.8) is 0 Å². The number of anilines is 1. The second-order valence-corrected chi connectivity index (χ2v) is 6.83. The minimum absolute atomic E-state index is 0.0399. The van der Waals surface area contributed by atoms with Crippen LogP contribution in [0.3, 0.4) is 0 Å². The summed E-state index contributed by atoms with van der Waals surface area (Å²) in [5.74, 6) is 0.901. The highest BCUT2D eigenvalue weighted by molar-refractivity contribution is 7.14. The largest absolute Gasteiger partial charge is 0.484 e. The van der Waals surface area contributed by atoms with Gasteiger partial charge in [-0.15, -0.1) is 11.3 Å². The zero-order valence-electron chi connectivity index (χ0n) is 14.2. The molecule has 3 rings (SSSR count). The Hall–Kier alpha value is -2.66. The smallest absolute Gasteiger partial charge is 0.264 e. The number of carbonyl (C=O) groups excluding carboxylic acids is 1. The van der Waals surface area contributed by atoms with E-state index in [9.17, 15) is 4.79 Å². The minimum Gasteiger partial charge on any atom is -0.484 e. The number of rotatable bonds is 6. The summed E-state index contributed by atoms with van der Waals surface area (Å²) >= 11 is 1.40. The predicted molar refractivity (Wildman–Crippen MR) is 102 cm³/mol. The highest BCUT2D eigenvalue weighted by Crippen LogP contribution is 2.24. The van der Waals surface area contributed by atoms with Crippen molar-refractivity contribution in [2.45, 2.75) is 19.8 Å². The third-order valence-electron chi connectivity index (χ3n) is 3.71. The molecule has 25 heavy (non-hydrogen) atoms. The van der Waals surface area contributed by atoms with Crippen molar-refractivity contribution in [1.29, 1.82) is 0 Å². The lowest BCUT2D eigenvalue weighted by Crippen LogP contribution is -2.20. The summed E-state index contributed by atoms with van der Waals surface area (Å²) in [6.07, 6.45) is 0. The first kappa shape index (κ1) is 17.2. The van der Waals surface area contributed by atoms with E-state index >= 15 is 0 Å². The number of hydrogen-bond acceptors (Lipinski definition) is 4. The number of carbonyl (C=O) groups is 1. The lowest BCUT2D eigenvalue weighted by atomic mass is 10.0. The van der Waals surface area contributed by atoms with E-state index in [1.165, 1.54) is 16.9 Å². The van der Waals surface area contributed by atoms with E-state index in [0.29, 0.717) is 16.8 Å². The van der Waals surface area contributed by atoms with E-state index in [4.69, 9.17) is 4.74 Å². The summed E-state index contributed by atoms with van der Waals surface area (Å²) in [7, 11) is 0. The monoisotopic (exact) mass is 352 g/mol. The minimum atomic E-state index is -0.219. The molecule has 0 aliphatic rings. The molecule has 1 amide bonds. The number of aromatic nitrogens is 1. The second kappa shape index (κ2) is 7.94. The van der Waals surface area contributed by atoms with E-state index in [1.807, 2.05) is 53.9 Å². The standard InChI is InChI=1S/C20H20N2O2S/c1-14(2)16-9-6-10-17(11-16)24-12-19(23)22-20-21-18(13-25-20)15-7-4-3-5-8-15/h3-11,13-14H,12H2,1-2H3,(H,21,22,23). The molecule has 0 spiro atoms. The average Bonchev–Trinajstić information content (AvgIpc) is 3.09. The maximum atomic E-state index is 12.1. The fraction of sp³-hybridized carbons (Fsp3) is 0.200. The van der Waals surface area contributed by atoms with Gasteiger partial charge in [0.1, 0.15) is 5.75 Å². The van der Waals surface area contributed by atoms with Crippen molar-refractivity contribution < 1.29 is 9.53 Å². The van der Waals surface area contributed by atoms with Crippen molar-refractivity contribution in [3.05, 3.63) is 65.5 Å². The van der Waals surface area contributed by atoms with E-state index < -0.39 is 0 Å². The normalized spacial score (nSPS) is 10.7. The van der Waals surface area contributed by atoms with E-state index in [0.717, 1.165) is 11.3 Å². The quantitative estimate of drug-likeness (QED) is 0.683. The van der Waals surface area contributed by atoms with E-state index in [-0.39, 0.29) is 12.5 Å². The number of nitrogens with one attached hydrogen (secondary N) is 1. The molecule has 0 saturated heterocycles. The van der Waals surface area contributed by atoms with Gasteiger partial charge in [-0.05, 0) is 23.6 Å². The molecule has 0 bridgehead atoms. The highest BCUT2D eigenvalue weighted by atomic mass is 32.1. The number of thiazole rings is 1. The van der Waals surface area contributed by atoms with Crippen LogP contribution in [-0.2, 0) is 4.79 Å². The van der Waals surface area contributed by atoms with Gasteiger partial charge in [-0.1, -0.05) is 56.3 Å². The Morgan fingerprint density at radius 3 is 2.72 bits per heavy atom. The zero-order chi connectivity index (χ0) is 17.6. The topological polar surface area (TPSA) is 51.2 Å². The Morgan fingerprint density at radius 1 is 1.16 bits per heavy atom. The second-order valence-electron chi connectivity index (χ2n) is 5.97. The van der Waals surface area contributed by atoms with Gasteiger partial charge in [0, 0.05) is 10.9 Å². The van der Waals surface area contributed by atoms with Crippen LogP contribution in [0.25, 0.3) is 11.3 Å². The fourth-order valence-electron chi connectivity index (χ4n) is 2.34. The van der Waals surface area contributed by atoms with Crippen LogP contribution < -0.4 is 10.1 Å². The van der Waals surface area contributed by atoms with Crippen LogP contribution >= 0.6 is 11.3 Å². The number of nitrogens with zero attached hydrogens (tertiary/aromatic N) is 1. The Morgan fingerprint density at radius 2 is 1.96 bits per heavy atom. The molecule has 1 N–H and O–H groups in total. The molecule has 0 fully saturated rings. The molecular formula is C20H20N2O2S. The summed E-state index contributed by atoms with van der Waals surface area (Å²) in [5.41, 5.74) is 3.07. The number of ether oxygens (including phenoxy) is 1. The molecule has 128 valence electrons. The molecule has 1 heterocycles. The molecule has 0 aliphatic carbocycles. The van der Waals surface area contributed by atoms with Gasteiger partial charge >= 0.3 is 0 Å². The van der Waals surface area contributed by atoms with Crippen LogP contribution in [-0.4, -0.2) is 17.5 Å². The molecule has 5 heteroatoms. The molecule has 3 aromatic rings. The zero-order valence-corrected chi connectivity index (χ0v) is 15.0. The Labute approximate surface area is 151 Å². The van der Waals surface area contributed by atoms with Crippen LogP contribution in [0.1, 0.15) is 25.3 Å². The van der Waals surface area contributed by atoms with Gasteiger partial charge in [0.25, 0.3) is 5.91 Å². The molecular weight excluding hydrogens is 332 g/mol. The van der Waals surface area contributed by atoms with Crippen LogP contribution in [0.5, 0.6) is 5.75 Å². The summed E-state index contributed by atoms with van der Waals surface area (Å²) < 4.78 is 5.59. The number of amides is 1. The van der Waals surface area contributed by atoms with Crippen LogP contribution in [0, 0.1) is 0 Å². The summed E-state index contributed by atoms with van der Waals surface area (Å²) in [4.78, 5) is 16.5. The maximum Gasteiger partial charge on any atom is 0.264 e. The Balaban J connectivity index is 1.56. The highest BCUT2D eigenvalue weighted by Gasteiger charge is 2.09. The molecule has 4 nitrogen and oxygen atoms in total. The lowest BCUT2D eigenvalue weighted by molar-refractivity contribution is -0.118. The SMILES string of the molecule is CC(C)c1cccc(OCC(=O)Nc2nc(-c3ccccc3)cs2)c1. The van der Waals surface area contributed by atoms with Gasteiger partial charge in [-0.2, -0.15) is 0 Å². The molecule has 0 aliphatic heterocycles. The first-order valence-electron chi connectivity index (χ1n) is 8.15. The van der Waals surface area contributed by atoms with Gasteiger partial charge < -0.3 is 4.74 Å². The lowest BCUT2D eigenvalue weighted by Gasteiger charge is -2.09. The van der Waals surface area contributed by atoms with Crippen LogP contribution in [0.2, 0.25) is 0 Å². The van der Waals surface area contributed by atoms with Crippen molar-refractivity contribution >= 4 is 22.4 Å².